The number of nitrogens with two attached hydrogens (primary N) is 2. The van der Waals surface area contributed by atoms with Gasteiger partial charge in [0, 0.05) is 38.1 Å². The first kappa shape index (κ1) is 24.1. The number of likely N-dealkylation sites (tertiary alicyclic amines) is 1. The second kappa shape index (κ2) is 9.78. The van der Waals surface area contributed by atoms with Gasteiger partial charge in [-0.2, -0.15) is 0 Å². The summed E-state index contributed by atoms with van der Waals surface area (Å²) >= 11 is 0. The molecule has 188 valence electrons. The van der Waals surface area contributed by atoms with Gasteiger partial charge in [0.1, 0.15) is 5.54 Å². The van der Waals surface area contributed by atoms with E-state index in [0.29, 0.717) is 36.8 Å². The standard InChI is InChI=1S/C28H40N6O/c1-18(2)13-24-21-14-22-17-34(12-6-11-31-27(29)30)25(24)28(22,33-16-21)26(35)32-15-20-9-5-8-19-7-3-4-10-23(19)20/h3-5,7-10,18,21-22,24-25,33H,6,11-17H2,1-2H3,(H,32,35)(H4,29,30,31)/t21?,22?,24?,25-,28?/m0/s1. The number of hydrogen-bond acceptors (Lipinski definition) is 4. The van der Waals surface area contributed by atoms with Crippen molar-refractivity contribution in [3.05, 3.63) is 48.0 Å². The van der Waals surface area contributed by atoms with Crippen molar-refractivity contribution in [2.75, 3.05) is 26.2 Å². The number of amides is 1. The molecule has 0 aromatic heterocycles. The zero-order valence-corrected chi connectivity index (χ0v) is 21.0. The zero-order valence-electron chi connectivity index (χ0n) is 21.0. The number of nitrogens with one attached hydrogen (secondary N) is 2. The first-order valence-corrected chi connectivity index (χ1v) is 13.2. The predicted molar refractivity (Wildman–Crippen MR) is 142 cm³/mol. The van der Waals surface area contributed by atoms with Gasteiger partial charge in [0.25, 0.3) is 0 Å². The molecule has 0 radical (unpaired) electrons. The molecule has 4 fully saturated rings. The van der Waals surface area contributed by atoms with Gasteiger partial charge in [-0.1, -0.05) is 56.3 Å². The van der Waals surface area contributed by atoms with E-state index in [0.717, 1.165) is 44.5 Å². The Labute approximate surface area is 208 Å². The van der Waals surface area contributed by atoms with E-state index in [1.165, 1.54) is 10.8 Å². The fourth-order valence-corrected chi connectivity index (χ4v) is 7.27. The molecule has 4 unspecified atom stereocenters. The molecule has 7 heteroatoms. The largest absolute Gasteiger partial charge is 0.370 e. The Morgan fingerprint density at radius 3 is 2.83 bits per heavy atom. The monoisotopic (exact) mass is 476 g/mol. The minimum atomic E-state index is -0.519. The summed E-state index contributed by atoms with van der Waals surface area (Å²) in [7, 11) is 0. The topological polar surface area (TPSA) is 109 Å². The fourth-order valence-electron chi connectivity index (χ4n) is 7.27. The molecule has 6 rings (SSSR count). The van der Waals surface area contributed by atoms with Gasteiger partial charge in [0.15, 0.2) is 5.96 Å². The summed E-state index contributed by atoms with van der Waals surface area (Å²) in [5, 5.41) is 9.57. The lowest BCUT2D eigenvalue weighted by Crippen LogP contribution is -2.76. The van der Waals surface area contributed by atoms with Gasteiger partial charge in [0.05, 0.1) is 0 Å². The number of benzene rings is 2. The molecule has 0 spiro atoms. The van der Waals surface area contributed by atoms with Crippen molar-refractivity contribution in [3.63, 3.8) is 0 Å². The van der Waals surface area contributed by atoms with Crippen LogP contribution in [0.4, 0.5) is 0 Å². The fraction of sp³-hybridized carbons (Fsp3) is 0.571. The van der Waals surface area contributed by atoms with E-state index in [1.807, 2.05) is 0 Å². The van der Waals surface area contributed by atoms with Gasteiger partial charge in [0.2, 0.25) is 5.91 Å². The highest BCUT2D eigenvalue weighted by atomic mass is 16.2. The average molecular weight is 477 g/mol. The van der Waals surface area contributed by atoms with Gasteiger partial charge in [-0.15, -0.1) is 0 Å². The number of carbonyl (C=O) groups excluding carboxylic acids is 1. The number of hydrogen-bond donors (Lipinski definition) is 4. The van der Waals surface area contributed by atoms with Crippen molar-refractivity contribution in [2.24, 2.45) is 40.1 Å². The third kappa shape index (κ3) is 4.40. The second-order valence-corrected chi connectivity index (χ2v) is 11.2. The van der Waals surface area contributed by atoms with Crippen molar-refractivity contribution >= 4 is 22.6 Å². The zero-order chi connectivity index (χ0) is 24.6. The second-order valence-electron chi connectivity index (χ2n) is 11.2. The molecule has 3 aliphatic heterocycles. The van der Waals surface area contributed by atoms with Crippen LogP contribution in [0.3, 0.4) is 0 Å². The molecule has 5 atom stereocenters. The Hall–Kier alpha value is -2.64. The summed E-state index contributed by atoms with van der Waals surface area (Å²) in [5.41, 5.74) is 11.7. The quantitative estimate of drug-likeness (QED) is 0.253. The summed E-state index contributed by atoms with van der Waals surface area (Å²) in [6.07, 6.45) is 3.19. The van der Waals surface area contributed by atoms with Gasteiger partial charge in [-0.25, -0.2) is 0 Å². The van der Waals surface area contributed by atoms with E-state index in [2.05, 4.69) is 76.8 Å². The van der Waals surface area contributed by atoms with Crippen LogP contribution in [0.15, 0.2) is 47.5 Å². The molecule has 1 saturated carbocycles. The lowest BCUT2D eigenvalue weighted by atomic mass is 9.58. The summed E-state index contributed by atoms with van der Waals surface area (Å²) in [4.78, 5) is 20.8. The number of carbonyl (C=O) groups is 1. The summed E-state index contributed by atoms with van der Waals surface area (Å²) in [6, 6.07) is 14.9. The summed E-state index contributed by atoms with van der Waals surface area (Å²) < 4.78 is 0. The van der Waals surface area contributed by atoms with Crippen LogP contribution in [0.5, 0.6) is 0 Å². The van der Waals surface area contributed by atoms with Gasteiger partial charge in [-0.3, -0.25) is 14.7 Å². The maximum Gasteiger partial charge on any atom is 0.242 e. The van der Waals surface area contributed by atoms with E-state index in [1.54, 1.807) is 0 Å². The first-order chi connectivity index (χ1) is 16.9. The first-order valence-electron chi connectivity index (χ1n) is 13.2. The van der Waals surface area contributed by atoms with Crippen molar-refractivity contribution in [3.8, 4) is 0 Å². The maximum atomic E-state index is 14.1. The Morgan fingerprint density at radius 2 is 2.03 bits per heavy atom. The smallest absolute Gasteiger partial charge is 0.242 e. The minimum absolute atomic E-state index is 0.146. The van der Waals surface area contributed by atoms with Crippen LogP contribution in [0.2, 0.25) is 0 Å². The third-order valence-electron chi connectivity index (χ3n) is 8.55. The maximum absolute atomic E-state index is 14.1. The number of nitrogens with zero attached hydrogens (tertiary/aromatic N) is 2. The van der Waals surface area contributed by atoms with Crippen LogP contribution >= 0.6 is 0 Å². The van der Waals surface area contributed by atoms with Crippen molar-refractivity contribution in [1.82, 2.24) is 15.5 Å². The van der Waals surface area contributed by atoms with E-state index in [-0.39, 0.29) is 17.9 Å². The van der Waals surface area contributed by atoms with Gasteiger partial charge < -0.3 is 22.1 Å². The summed E-state index contributed by atoms with van der Waals surface area (Å²) in [5.74, 6) is 2.43. The van der Waals surface area contributed by atoms with Crippen LogP contribution in [-0.2, 0) is 11.3 Å². The van der Waals surface area contributed by atoms with Crippen LogP contribution in [0, 0.1) is 23.7 Å². The number of piperidine rings is 2. The molecule has 4 bridgehead atoms. The van der Waals surface area contributed by atoms with Crippen molar-refractivity contribution < 1.29 is 4.79 Å². The van der Waals surface area contributed by atoms with Gasteiger partial charge >= 0.3 is 0 Å². The van der Waals surface area contributed by atoms with Crippen LogP contribution in [-0.4, -0.2) is 54.5 Å². The number of fused-ring (bicyclic) bond motifs is 2. The van der Waals surface area contributed by atoms with Crippen molar-refractivity contribution in [2.45, 2.75) is 51.2 Å². The minimum Gasteiger partial charge on any atom is -0.370 e. The summed E-state index contributed by atoms with van der Waals surface area (Å²) in [6.45, 7) is 8.60. The highest BCUT2D eigenvalue weighted by molar-refractivity contribution is 5.90. The molecule has 1 aliphatic carbocycles. The Morgan fingerprint density at radius 1 is 1.23 bits per heavy atom. The Balaban J connectivity index is 1.38. The molecular formula is C28H40N6O. The highest BCUT2D eigenvalue weighted by Gasteiger charge is 2.67. The van der Waals surface area contributed by atoms with E-state index in [9.17, 15) is 4.79 Å². The van der Waals surface area contributed by atoms with Crippen LogP contribution in [0.25, 0.3) is 10.8 Å². The van der Waals surface area contributed by atoms with Crippen LogP contribution in [0.1, 0.15) is 38.7 Å². The number of rotatable bonds is 9. The van der Waals surface area contributed by atoms with Crippen molar-refractivity contribution in [1.29, 1.82) is 0 Å². The lowest BCUT2D eigenvalue weighted by molar-refractivity contribution is -0.139. The molecule has 35 heavy (non-hydrogen) atoms. The molecule has 6 N–H and O–H groups in total. The van der Waals surface area contributed by atoms with Gasteiger partial charge in [-0.05, 0) is 59.9 Å². The SMILES string of the molecule is CC(C)CC1C2CNC3(C(=O)NCc4cccc5ccccc45)C(C2)CN(CCCN=C(N)N)[C@@H]13. The Bertz CT molecular complexity index is 1090. The molecular weight excluding hydrogens is 436 g/mol. The number of guanidine groups is 1. The van der Waals surface area contributed by atoms with Crippen LogP contribution < -0.4 is 22.1 Å². The molecule has 3 saturated heterocycles. The molecule has 4 aliphatic rings. The third-order valence-corrected chi connectivity index (χ3v) is 8.55. The lowest BCUT2D eigenvalue weighted by Gasteiger charge is -2.56. The Kier molecular flexibility index (Phi) is 6.73. The van der Waals surface area contributed by atoms with E-state index < -0.39 is 5.54 Å². The molecule has 7 nitrogen and oxygen atoms in total. The molecule has 2 aromatic carbocycles. The normalized spacial score (nSPS) is 29.6. The number of aliphatic imine (C=N–C) groups is 1. The predicted octanol–water partition coefficient (Wildman–Crippen LogP) is 2.44. The average Bonchev–Trinajstić information content (AvgIpc) is 3.11. The molecule has 1 amide bonds. The molecule has 2 aromatic rings. The van der Waals surface area contributed by atoms with E-state index in [4.69, 9.17) is 11.5 Å². The van der Waals surface area contributed by atoms with E-state index >= 15 is 0 Å². The molecule has 3 heterocycles. The highest BCUT2D eigenvalue weighted by Crippen LogP contribution is 2.54.